The van der Waals surface area contributed by atoms with Crippen LogP contribution in [0.1, 0.15) is 104 Å². The normalized spacial score (nSPS) is 14.4. The van der Waals surface area contributed by atoms with Crippen LogP contribution >= 0.6 is 0 Å². The molecular formula is C78H84N24O3. The Balaban J connectivity index is 0.000000170. The van der Waals surface area contributed by atoms with Crippen LogP contribution in [0.3, 0.4) is 0 Å². The molecule has 2 atom stereocenters. The van der Waals surface area contributed by atoms with Crippen LogP contribution < -0.4 is 26.6 Å². The van der Waals surface area contributed by atoms with Crippen molar-refractivity contribution in [2.24, 2.45) is 5.73 Å². The van der Waals surface area contributed by atoms with Gasteiger partial charge in [-0.25, -0.2) is 19.9 Å². The van der Waals surface area contributed by atoms with Crippen molar-refractivity contribution in [3.63, 3.8) is 0 Å². The lowest BCUT2D eigenvalue weighted by atomic mass is 9.90. The molecule has 0 spiro atoms. The summed E-state index contributed by atoms with van der Waals surface area (Å²) in [5.41, 5.74) is 24.8. The summed E-state index contributed by atoms with van der Waals surface area (Å²) in [4.78, 5) is 47.1. The second-order valence-electron chi connectivity index (χ2n) is 27.7. The lowest BCUT2D eigenvalue weighted by Gasteiger charge is -2.21. The lowest BCUT2D eigenvalue weighted by Crippen LogP contribution is -2.28. The third-order valence-electron chi connectivity index (χ3n) is 18.2. The highest BCUT2D eigenvalue weighted by Gasteiger charge is 2.28. The monoisotopic (exact) mass is 1400 g/mol. The molecular weight excluding hydrogens is 1320 g/mol. The number of nitrogens with two attached hydrogens (primary N) is 2. The number of pyridine rings is 3. The Hall–Kier alpha value is -12.5. The van der Waals surface area contributed by atoms with Crippen molar-refractivity contribution in [3.05, 3.63) is 180 Å². The maximum atomic E-state index is 9.47. The van der Waals surface area contributed by atoms with Crippen molar-refractivity contribution in [2.75, 3.05) is 69.4 Å². The minimum absolute atomic E-state index is 0. The van der Waals surface area contributed by atoms with Crippen LogP contribution in [0.5, 0.6) is 0 Å². The molecule has 14 rings (SSSR count). The Morgan fingerprint density at radius 3 is 1.45 bits per heavy atom. The van der Waals surface area contributed by atoms with E-state index < -0.39 is 16.2 Å². The Labute approximate surface area is 611 Å². The Morgan fingerprint density at radius 1 is 0.524 bits per heavy atom. The van der Waals surface area contributed by atoms with Crippen LogP contribution in [0.25, 0.3) is 103 Å². The number of anilines is 3. The minimum atomic E-state index is -0.740. The first-order valence-corrected chi connectivity index (χ1v) is 34.3. The lowest BCUT2D eigenvalue weighted by molar-refractivity contribution is 0.416. The first kappa shape index (κ1) is 72.3. The van der Waals surface area contributed by atoms with Gasteiger partial charge in [0.2, 0.25) is 17.7 Å². The quantitative estimate of drug-likeness (QED) is 0.0718. The van der Waals surface area contributed by atoms with Crippen molar-refractivity contribution < 1.29 is 16.1 Å². The molecule has 3 aromatic carbocycles. The van der Waals surface area contributed by atoms with E-state index in [0.717, 1.165) is 90.3 Å². The van der Waals surface area contributed by atoms with E-state index in [0.29, 0.717) is 98.1 Å². The van der Waals surface area contributed by atoms with Crippen LogP contribution in [0, 0.1) is 47.8 Å². The number of hydrogen-bond donors (Lipinski definition) is 3. The molecule has 27 nitrogen and oxygen atoms in total. The van der Waals surface area contributed by atoms with E-state index in [-0.39, 0.29) is 20.6 Å². The van der Waals surface area contributed by atoms with Gasteiger partial charge in [-0.15, -0.1) is 30.6 Å². The molecule has 1 unspecified atom stereocenters. The van der Waals surface area contributed by atoms with E-state index >= 15 is 0 Å². The van der Waals surface area contributed by atoms with E-state index in [4.69, 9.17) is 34.7 Å². The van der Waals surface area contributed by atoms with Crippen molar-refractivity contribution in [2.45, 2.75) is 103 Å². The minimum Gasteiger partial charge on any atom is -0.415 e. The molecule has 105 heavy (non-hydrogen) atoms. The Bertz CT molecular complexity index is 5220. The molecule has 2 fully saturated rings. The summed E-state index contributed by atoms with van der Waals surface area (Å²) in [6.45, 7) is 19.4. The number of benzene rings is 3. The fourth-order valence-corrected chi connectivity index (χ4v) is 11.6. The van der Waals surface area contributed by atoms with Gasteiger partial charge in [0.05, 0.1) is 98.6 Å². The van der Waals surface area contributed by atoms with Crippen LogP contribution in [-0.4, -0.2) is 140 Å². The zero-order valence-electron chi connectivity index (χ0n) is 60.4. The van der Waals surface area contributed by atoms with E-state index in [9.17, 15) is 15.8 Å². The van der Waals surface area contributed by atoms with Crippen LogP contribution in [0.15, 0.2) is 160 Å². The molecule has 9 aromatic heterocycles. The number of aromatic nitrogens is 15. The van der Waals surface area contributed by atoms with Crippen molar-refractivity contribution in [1.29, 1.82) is 15.8 Å². The number of aryl methyl sites for hydroxylation is 2. The molecule has 11 heterocycles. The summed E-state index contributed by atoms with van der Waals surface area (Å²) >= 11 is 0. The second-order valence-corrected chi connectivity index (χ2v) is 27.7. The average molecular weight is 1410 g/mol. The van der Waals surface area contributed by atoms with Gasteiger partial charge in [-0.05, 0) is 192 Å². The summed E-state index contributed by atoms with van der Waals surface area (Å²) in [6.07, 6.45) is 13.2. The van der Waals surface area contributed by atoms with Gasteiger partial charge in [0.1, 0.15) is 11.4 Å². The number of nitrogen functional groups attached to an aromatic ring is 1. The molecule has 534 valence electrons. The van der Waals surface area contributed by atoms with Gasteiger partial charge in [0.25, 0.3) is 17.7 Å². The molecule has 0 radical (unpaired) electrons. The van der Waals surface area contributed by atoms with Gasteiger partial charge in [0.15, 0.2) is 11.5 Å². The second kappa shape index (κ2) is 31.0. The largest absolute Gasteiger partial charge is 0.415 e. The number of nitriles is 3. The predicted molar refractivity (Wildman–Crippen MR) is 403 cm³/mol. The highest BCUT2D eigenvalue weighted by Crippen LogP contribution is 2.36. The number of nitrogens with one attached hydrogen (secondary N) is 1. The van der Waals surface area contributed by atoms with Gasteiger partial charge in [-0.1, -0.05) is 18.2 Å². The van der Waals surface area contributed by atoms with E-state index in [1.54, 1.807) is 43.2 Å². The SMILES string of the molecule is CC(C)(C#N)c1cc(-c2cnc(N)c(-c3nnc(-c4cccc(N5CC[C@H](N)C5)c4)o3)n2)ccn1.Cc1ncc(-c2ccnc(C(C)(C)C#N)c2)nc1-c1nnc(-c2ccc(N(C)CCN(C)C)cc2)o1.Cc1ncc(-c2ccnc(C(C)(C)C#N)c2)nc1-c1nnc(-c2cccc(C3CCCN3)c2)o1.[HH].[HH]. The molecule has 2 aliphatic rings. The van der Waals surface area contributed by atoms with Gasteiger partial charge in [0, 0.05) is 112 Å². The Morgan fingerprint density at radius 2 is 0.981 bits per heavy atom. The van der Waals surface area contributed by atoms with Gasteiger partial charge in [-0.2, -0.15) is 15.8 Å². The third kappa shape index (κ3) is 16.7. The molecule has 27 heteroatoms. The third-order valence-corrected chi connectivity index (χ3v) is 18.2. The van der Waals surface area contributed by atoms with Crippen molar-refractivity contribution in [1.82, 2.24) is 85.7 Å². The molecule has 0 amide bonds. The topological polar surface area (TPSA) is 378 Å². The van der Waals surface area contributed by atoms with Gasteiger partial charge >= 0.3 is 0 Å². The highest BCUT2D eigenvalue weighted by atomic mass is 16.4. The summed E-state index contributed by atoms with van der Waals surface area (Å²) in [7, 11) is 6.20. The summed E-state index contributed by atoms with van der Waals surface area (Å²) in [6, 6.07) is 42.6. The predicted octanol–water partition coefficient (Wildman–Crippen LogP) is 12.8. The summed E-state index contributed by atoms with van der Waals surface area (Å²) in [5.74, 6) is 2.19. The number of likely N-dealkylation sites (N-methyl/N-ethyl adjacent to an activating group) is 2. The van der Waals surface area contributed by atoms with E-state index in [1.165, 1.54) is 12.0 Å². The van der Waals surface area contributed by atoms with Crippen molar-refractivity contribution in [3.8, 4) is 121 Å². The molecule has 12 aromatic rings. The zero-order chi connectivity index (χ0) is 74.2. The number of hydrogen-bond acceptors (Lipinski definition) is 27. The molecule has 2 saturated heterocycles. The molecule has 5 N–H and O–H groups in total. The Kier molecular flexibility index (Phi) is 21.4. The first-order valence-electron chi connectivity index (χ1n) is 34.3. The van der Waals surface area contributed by atoms with E-state index in [1.807, 2.05) is 146 Å². The highest BCUT2D eigenvalue weighted by molar-refractivity contribution is 5.71. The van der Waals surface area contributed by atoms with Crippen molar-refractivity contribution >= 4 is 17.2 Å². The van der Waals surface area contributed by atoms with Gasteiger partial charge < -0.3 is 44.7 Å². The molecule has 0 bridgehead atoms. The van der Waals surface area contributed by atoms with E-state index in [2.05, 4.69) is 137 Å². The average Bonchev–Trinajstić information content (AvgIpc) is 1.70. The smallest absolute Gasteiger partial charge is 0.270 e. The maximum absolute atomic E-state index is 9.47. The van der Waals surface area contributed by atoms with Crippen LogP contribution in [0.4, 0.5) is 17.2 Å². The molecule has 0 saturated carbocycles. The standard InChI is InChI=1S/C27H30N8O.C26H25N7O.C25H25N9O.2H2/c1-18-24(31-22(16-30-18)20-11-12-29-23(15-20)27(2,3)17-28)26-33-32-25(36-26)19-7-9-21(10-8-19)35(6)14-13-34(4)5;1-16-23(31-21(14-30-16)18-9-11-29-22(13-18)26(2,3)15-27)25-33-32-24(34-25)19-7-4-6-17(12-19)20-8-5-10-28-20;1-25(2,14-26)20-11-15(6-8-29-20)19-12-30-22(28)21(31-19)24-33-32-23(35-24)16-4-3-5-18(10-16)34-9-7-17(27)13-34;;/h7-12,15-16H,13-14H2,1-6H3;4,6-7,9,11-14,20,28H,5,8,10H2,1-3H3;3-6,8,10-12,17H,7,9,13,27H2,1-2H3,(H2,28,30);2*1H/t;;17-;;/m..0../s1. The fourth-order valence-electron chi connectivity index (χ4n) is 11.6. The summed E-state index contributed by atoms with van der Waals surface area (Å²) in [5, 5.41) is 57.3. The van der Waals surface area contributed by atoms with Crippen LogP contribution in [-0.2, 0) is 16.2 Å². The molecule has 0 aliphatic carbocycles. The fraction of sp³-hybridized carbons (Fsp3) is 0.308. The molecule has 2 aliphatic heterocycles. The number of rotatable bonds is 18. The zero-order valence-corrected chi connectivity index (χ0v) is 60.4. The summed E-state index contributed by atoms with van der Waals surface area (Å²) < 4.78 is 18.0. The first-order chi connectivity index (χ1) is 50.5. The van der Waals surface area contributed by atoms with Crippen LogP contribution in [0.2, 0.25) is 0 Å². The van der Waals surface area contributed by atoms with Gasteiger partial charge in [-0.3, -0.25) is 24.9 Å². The number of nitrogens with zero attached hydrogens (tertiary/aromatic N) is 21. The maximum Gasteiger partial charge on any atom is 0.270 e.